The molecule has 0 spiro atoms. The number of aliphatic hydroxyl groups excluding tert-OH is 1. The summed E-state index contributed by atoms with van der Waals surface area (Å²) >= 11 is 1.80. The first-order chi connectivity index (χ1) is 9.22. The predicted molar refractivity (Wildman–Crippen MR) is 81.2 cm³/mol. The Balaban J connectivity index is 2.03. The molecule has 2 rings (SSSR count). The van der Waals surface area contributed by atoms with E-state index in [9.17, 15) is 0 Å². The van der Waals surface area contributed by atoms with E-state index in [0.29, 0.717) is 6.42 Å². The van der Waals surface area contributed by atoms with Gasteiger partial charge in [0.1, 0.15) is 0 Å². The average molecular weight is 277 g/mol. The van der Waals surface area contributed by atoms with Gasteiger partial charge in [0.25, 0.3) is 0 Å². The lowest BCUT2D eigenvalue weighted by Gasteiger charge is -2.27. The monoisotopic (exact) mass is 277 g/mol. The molecule has 0 radical (unpaired) electrons. The summed E-state index contributed by atoms with van der Waals surface area (Å²) in [5.41, 5.74) is 1.15. The molecule has 1 aromatic rings. The molecule has 1 atom stereocenters. The second kappa shape index (κ2) is 7.09. The topological polar surface area (TPSA) is 23.5 Å². The molecule has 0 aliphatic carbocycles. The summed E-state index contributed by atoms with van der Waals surface area (Å²) in [6.45, 7) is 7.03. The van der Waals surface area contributed by atoms with Crippen LogP contribution in [0.15, 0.2) is 11.4 Å². The maximum absolute atomic E-state index is 8.78. The third kappa shape index (κ3) is 3.82. The molecule has 2 heterocycles. The molecule has 1 fully saturated rings. The maximum atomic E-state index is 8.78. The molecule has 104 valence electrons. The fourth-order valence-electron chi connectivity index (χ4n) is 2.78. The summed E-state index contributed by atoms with van der Waals surface area (Å²) < 4.78 is 0. The van der Waals surface area contributed by atoms with Crippen molar-refractivity contribution in [2.24, 2.45) is 5.92 Å². The van der Waals surface area contributed by atoms with E-state index >= 15 is 0 Å². The first-order valence-corrected chi connectivity index (χ1v) is 8.00. The van der Waals surface area contributed by atoms with Gasteiger partial charge in [-0.05, 0) is 36.8 Å². The van der Waals surface area contributed by atoms with Gasteiger partial charge in [-0.2, -0.15) is 0 Å². The first-order valence-electron chi connectivity index (χ1n) is 7.12. The quantitative estimate of drug-likeness (QED) is 0.855. The van der Waals surface area contributed by atoms with Crippen LogP contribution in [0.1, 0.15) is 43.6 Å². The molecule has 0 amide bonds. The minimum absolute atomic E-state index is 0.147. The van der Waals surface area contributed by atoms with Crippen molar-refractivity contribution in [3.8, 4) is 11.8 Å². The largest absolute Gasteiger partial charge is 0.395 e. The van der Waals surface area contributed by atoms with Gasteiger partial charge in [0.2, 0.25) is 0 Å². The molecule has 0 bridgehead atoms. The van der Waals surface area contributed by atoms with Gasteiger partial charge in [-0.15, -0.1) is 11.3 Å². The van der Waals surface area contributed by atoms with Crippen molar-refractivity contribution in [3.63, 3.8) is 0 Å². The van der Waals surface area contributed by atoms with Gasteiger partial charge < -0.3 is 5.11 Å². The van der Waals surface area contributed by atoms with Crippen LogP contribution in [0.3, 0.4) is 0 Å². The van der Waals surface area contributed by atoms with E-state index in [4.69, 9.17) is 5.11 Å². The van der Waals surface area contributed by atoms with E-state index in [2.05, 4.69) is 42.0 Å². The molecule has 1 aromatic heterocycles. The molecule has 0 saturated carbocycles. The molecule has 1 aliphatic heterocycles. The zero-order chi connectivity index (χ0) is 13.7. The maximum Gasteiger partial charge on any atom is 0.0540 e. The first kappa shape index (κ1) is 14.6. The molecule has 2 nitrogen and oxygen atoms in total. The number of thiophene rings is 1. The van der Waals surface area contributed by atoms with E-state index in [0.717, 1.165) is 24.1 Å². The number of nitrogens with zero attached hydrogens (tertiary/aromatic N) is 1. The van der Waals surface area contributed by atoms with Crippen molar-refractivity contribution in [1.29, 1.82) is 0 Å². The summed E-state index contributed by atoms with van der Waals surface area (Å²) in [7, 11) is 0. The Morgan fingerprint density at radius 2 is 2.37 bits per heavy atom. The predicted octanol–water partition coefficient (Wildman–Crippen LogP) is 3.10. The summed E-state index contributed by atoms with van der Waals surface area (Å²) in [5, 5.41) is 10.9. The van der Waals surface area contributed by atoms with Crippen LogP contribution in [0.25, 0.3) is 0 Å². The third-order valence-corrected chi connectivity index (χ3v) is 4.64. The molecule has 1 unspecified atom stereocenters. The van der Waals surface area contributed by atoms with Crippen molar-refractivity contribution in [2.45, 2.75) is 45.7 Å². The number of rotatable bonds is 4. The molecule has 1 N–H and O–H groups in total. The number of aliphatic hydroxyl groups is 1. The van der Waals surface area contributed by atoms with Gasteiger partial charge in [0, 0.05) is 29.4 Å². The van der Waals surface area contributed by atoms with Crippen molar-refractivity contribution >= 4 is 11.3 Å². The van der Waals surface area contributed by atoms with Crippen LogP contribution in [-0.2, 0) is 6.54 Å². The SMILES string of the molecule is CC(C)C1CCCN1Cc1sccc1C#CCCO. The summed E-state index contributed by atoms with van der Waals surface area (Å²) in [5.74, 6) is 6.94. The number of likely N-dealkylation sites (tertiary alicyclic amines) is 1. The molecule has 1 saturated heterocycles. The molecule has 3 heteroatoms. The zero-order valence-corrected chi connectivity index (χ0v) is 12.7. The zero-order valence-electron chi connectivity index (χ0n) is 11.9. The summed E-state index contributed by atoms with van der Waals surface area (Å²) in [6.07, 6.45) is 3.21. The molecule has 1 aliphatic rings. The molecular weight excluding hydrogens is 254 g/mol. The number of hydrogen-bond donors (Lipinski definition) is 1. The van der Waals surface area contributed by atoms with E-state index in [1.54, 1.807) is 11.3 Å². The van der Waals surface area contributed by atoms with Crippen LogP contribution in [-0.4, -0.2) is 29.2 Å². The Kier molecular flexibility index (Phi) is 5.45. The second-order valence-corrected chi connectivity index (χ2v) is 6.46. The Morgan fingerprint density at radius 3 is 3.11 bits per heavy atom. The fourth-order valence-corrected chi connectivity index (χ4v) is 3.63. The third-order valence-electron chi connectivity index (χ3n) is 3.74. The smallest absolute Gasteiger partial charge is 0.0540 e. The van der Waals surface area contributed by atoms with Crippen LogP contribution in [0.5, 0.6) is 0 Å². The minimum Gasteiger partial charge on any atom is -0.395 e. The van der Waals surface area contributed by atoms with Gasteiger partial charge >= 0.3 is 0 Å². The van der Waals surface area contributed by atoms with Gasteiger partial charge in [-0.1, -0.05) is 25.7 Å². The van der Waals surface area contributed by atoms with Crippen molar-refractivity contribution in [2.75, 3.05) is 13.2 Å². The van der Waals surface area contributed by atoms with E-state index in [1.165, 1.54) is 24.3 Å². The van der Waals surface area contributed by atoms with Crippen molar-refractivity contribution in [1.82, 2.24) is 4.90 Å². The minimum atomic E-state index is 0.147. The fraction of sp³-hybridized carbons (Fsp3) is 0.625. The summed E-state index contributed by atoms with van der Waals surface area (Å²) in [6, 6.07) is 2.82. The highest BCUT2D eigenvalue weighted by molar-refractivity contribution is 7.10. The lowest BCUT2D eigenvalue weighted by Crippen LogP contribution is -2.32. The Labute approximate surface area is 120 Å². The highest BCUT2D eigenvalue weighted by Crippen LogP contribution is 2.28. The van der Waals surface area contributed by atoms with Gasteiger partial charge in [0.15, 0.2) is 0 Å². The van der Waals surface area contributed by atoms with Crippen LogP contribution in [0.4, 0.5) is 0 Å². The van der Waals surface area contributed by atoms with Gasteiger partial charge in [-0.3, -0.25) is 4.90 Å². The van der Waals surface area contributed by atoms with E-state index in [-0.39, 0.29) is 6.61 Å². The second-order valence-electron chi connectivity index (χ2n) is 5.46. The Bertz CT molecular complexity index is 455. The van der Waals surface area contributed by atoms with E-state index < -0.39 is 0 Å². The van der Waals surface area contributed by atoms with Gasteiger partial charge in [0.05, 0.1) is 6.61 Å². The van der Waals surface area contributed by atoms with Crippen molar-refractivity contribution < 1.29 is 5.11 Å². The van der Waals surface area contributed by atoms with Crippen LogP contribution in [0, 0.1) is 17.8 Å². The molecular formula is C16H23NOS. The highest BCUT2D eigenvalue weighted by atomic mass is 32.1. The van der Waals surface area contributed by atoms with Crippen LogP contribution < -0.4 is 0 Å². The Hall–Kier alpha value is -0.820. The van der Waals surface area contributed by atoms with Crippen LogP contribution in [0.2, 0.25) is 0 Å². The van der Waals surface area contributed by atoms with Gasteiger partial charge in [-0.25, -0.2) is 0 Å². The Morgan fingerprint density at radius 1 is 1.53 bits per heavy atom. The standard InChI is InChI=1S/C16H23NOS/c1-13(2)15-7-5-9-17(15)12-16-14(8-11-19-16)6-3-4-10-18/h8,11,13,15,18H,4-5,7,9-10,12H2,1-2H3. The van der Waals surface area contributed by atoms with E-state index in [1.807, 2.05) is 0 Å². The van der Waals surface area contributed by atoms with Crippen LogP contribution >= 0.6 is 11.3 Å². The average Bonchev–Trinajstić information content (AvgIpc) is 3.00. The highest BCUT2D eigenvalue weighted by Gasteiger charge is 2.27. The lowest BCUT2D eigenvalue weighted by molar-refractivity contribution is 0.200. The summed E-state index contributed by atoms with van der Waals surface area (Å²) in [4.78, 5) is 3.98. The normalized spacial score (nSPS) is 19.7. The molecule has 19 heavy (non-hydrogen) atoms. The molecule has 0 aromatic carbocycles. The van der Waals surface area contributed by atoms with Crippen molar-refractivity contribution in [3.05, 3.63) is 21.9 Å². The number of hydrogen-bond acceptors (Lipinski definition) is 3. The lowest BCUT2D eigenvalue weighted by atomic mass is 10.0.